The van der Waals surface area contributed by atoms with Gasteiger partial charge in [0.2, 0.25) is 0 Å². The van der Waals surface area contributed by atoms with Gasteiger partial charge in [-0.05, 0) is 60.5 Å². The topological polar surface area (TPSA) is 94.0 Å². The Bertz CT molecular complexity index is 1180. The SMILES string of the molecule is Cc1ccc(/C=N/NC(=O)C(=Cc2ccc(N(C)C)cc2)NC(=O)c2ccccc2)c(O)c1. The van der Waals surface area contributed by atoms with E-state index >= 15 is 0 Å². The normalized spacial score (nSPS) is 11.3. The van der Waals surface area contributed by atoms with Gasteiger partial charge in [-0.3, -0.25) is 9.59 Å². The Kier molecular flexibility index (Phi) is 7.60. The van der Waals surface area contributed by atoms with Crippen LogP contribution in [-0.4, -0.2) is 37.2 Å². The molecule has 0 fully saturated rings. The van der Waals surface area contributed by atoms with Gasteiger partial charge in [0.05, 0.1) is 6.21 Å². The lowest BCUT2D eigenvalue weighted by Gasteiger charge is -2.12. The van der Waals surface area contributed by atoms with Crippen LogP contribution in [0.5, 0.6) is 5.75 Å². The summed E-state index contributed by atoms with van der Waals surface area (Å²) in [5.74, 6) is -0.956. The molecular weight excluding hydrogens is 416 g/mol. The first-order chi connectivity index (χ1) is 15.8. The highest BCUT2D eigenvalue weighted by molar-refractivity contribution is 6.05. The number of carbonyl (C=O) groups excluding carboxylic acids is 2. The number of carbonyl (C=O) groups is 2. The number of nitrogens with one attached hydrogen (secondary N) is 2. The molecule has 7 heteroatoms. The maximum Gasteiger partial charge on any atom is 0.287 e. The van der Waals surface area contributed by atoms with E-state index in [1.807, 2.05) is 62.3 Å². The molecule has 3 rings (SSSR count). The van der Waals surface area contributed by atoms with Crippen LogP contribution in [0.2, 0.25) is 0 Å². The molecule has 0 aliphatic rings. The summed E-state index contributed by atoms with van der Waals surface area (Å²) in [6.45, 7) is 1.86. The van der Waals surface area contributed by atoms with Crippen molar-refractivity contribution >= 4 is 29.8 Å². The first-order valence-electron chi connectivity index (χ1n) is 10.3. The number of anilines is 1. The predicted molar refractivity (Wildman–Crippen MR) is 131 cm³/mol. The van der Waals surface area contributed by atoms with Crippen molar-refractivity contribution in [1.82, 2.24) is 10.7 Å². The first kappa shape index (κ1) is 23.3. The molecular formula is C26H26N4O3. The summed E-state index contributed by atoms with van der Waals surface area (Å²) in [5, 5.41) is 16.6. The van der Waals surface area contributed by atoms with Crippen LogP contribution >= 0.6 is 0 Å². The van der Waals surface area contributed by atoms with E-state index in [-0.39, 0.29) is 11.4 Å². The first-order valence-corrected chi connectivity index (χ1v) is 10.3. The van der Waals surface area contributed by atoms with Gasteiger partial charge < -0.3 is 15.3 Å². The van der Waals surface area contributed by atoms with Crippen molar-refractivity contribution in [2.45, 2.75) is 6.92 Å². The second kappa shape index (κ2) is 10.8. The summed E-state index contributed by atoms with van der Waals surface area (Å²) < 4.78 is 0. The van der Waals surface area contributed by atoms with Crippen molar-refractivity contribution in [3.8, 4) is 5.75 Å². The number of hydrazone groups is 1. The van der Waals surface area contributed by atoms with E-state index in [9.17, 15) is 14.7 Å². The highest BCUT2D eigenvalue weighted by Gasteiger charge is 2.14. The molecule has 0 aliphatic carbocycles. The summed E-state index contributed by atoms with van der Waals surface area (Å²) in [5.41, 5.74) is 5.97. The summed E-state index contributed by atoms with van der Waals surface area (Å²) in [7, 11) is 3.88. The number of aromatic hydroxyl groups is 1. The minimum Gasteiger partial charge on any atom is -0.507 e. The molecule has 3 aromatic carbocycles. The van der Waals surface area contributed by atoms with Gasteiger partial charge in [-0.1, -0.05) is 36.4 Å². The van der Waals surface area contributed by atoms with E-state index in [2.05, 4.69) is 15.8 Å². The van der Waals surface area contributed by atoms with Crippen molar-refractivity contribution < 1.29 is 14.7 Å². The summed E-state index contributed by atoms with van der Waals surface area (Å²) in [6, 6.07) is 21.3. The van der Waals surface area contributed by atoms with Crippen LogP contribution in [0.3, 0.4) is 0 Å². The summed E-state index contributed by atoms with van der Waals surface area (Å²) >= 11 is 0. The molecule has 0 saturated heterocycles. The molecule has 0 aliphatic heterocycles. The van der Waals surface area contributed by atoms with Gasteiger partial charge >= 0.3 is 0 Å². The third-order valence-corrected chi connectivity index (χ3v) is 4.80. The van der Waals surface area contributed by atoms with Gasteiger partial charge in [-0.2, -0.15) is 5.10 Å². The number of rotatable bonds is 7. The zero-order valence-corrected chi connectivity index (χ0v) is 18.7. The zero-order valence-electron chi connectivity index (χ0n) is 18.7. The highest BCUT2D eigenvalue weighted by atomic mass is 16.3. The minimum atomic E-state index is -0.598. The molecule has 3 aromatic rings. The number of phenolic OH excluding ortho intramolecular Hbond substituents is 1. The van der Waals surface area contributed by atoms with E-state index in [4.69, 9.17) is 0 Å². The highest BCUT2D eigenvalue weighted by Crippen LogP contribution is 2.16. The smallest absolute Gasteiger partial charge is 0.287 e. The third-order valence-electron chi connectivity index (χ3n) is 4.80. The lowest BCUT2D eigenvalue weighted by atomic mass is 10.1. The Morgan fingerprint density at radius 1 is 0.970 bits per heavy atom. The molecule has 0 radical (unpaired) electrons. The van der Waals surface area contributed by atoms with E-state index in [0.29, 0.717) is 11.1 Å². The van der Waals surface area contributed by atoms with Gasteiger partial charge in [0, 0.05) is 30.9 Å². The molecule has 3 N–H and O–H groups in total. The van der Waals surface area contributed by atoms with Gasteiger partial charge in [0.15, 0.2) is 0 Å². The Labute approximate surface area is 193 Å². The second-order valence-electron chi connectivity index (χ2n) is 7.63. The lowest BCUT2D eigenvalue weighted by Crippen LogP contribution is -2.32. The standard InChI is InChI=1S/C26H26N4O3/c1-18-9-12-21(24(31)15-18)17-27-29-26(33)23(28-25(32)20-7-5-4-6-8-20)16-19-10-13-22(14-11-19)30(2)3/h4-17,31H,1-3H3,(H,28,32)(H,29,33)/b23-16?,27-17+. The number of nitrogens with zero attached hydrogens (tertiary/aromatic N) is 2. The molecule has 33 heavy (non-hydrogen) atoms. The fraction of sp³-hybridized carbons (Fsp3) is 0.115. The van der Waals surface area contributed by atoms with Gasteiger partial charge in [-0.25, -0.2) is 5.43 Å². The van der Waals surface area contributed by atoms with Gasteiger partial charge in [-0.15, -0.1) is 0 Å². The zero-order chi connectivity index (χ0) is 23.8. The van der Waals surface area contributed by atoms with Crippen LogP contribution in [0.4, 0.5) is 5.69 Å². The fourth-order valence-corrected chi connectivity index (χ4v) is 2.96. The van der Waals surface area contributed by atoms with E-state index < -0.39 is 11.8 Å². The Morgan fingerprint density at radius 2 is 1.67 bits per heavy atom. The van der Waals surface area contributed by atoms with E-state index in [0.717, 1.165) is 16.8 Å². The van der Waals surface area contributed by atoms with Crippen LogP contribution in [0.15, 0.2) is 83.6 Å². The molecule has 0 unspecified atom stereocenters. The predicted octanol–water partition coefficient (Wildman–Crippen LogP) is 3.69. The number of aryl methyl sites for hydroxylation is 1. The number of hydrogen-bond donors (Lipinski definition) is 3. The Morgan fingerprint density at radius 3 is 2.30 bits per heavy atom. The van der Waals surface area contributed by atoms with E-state index in [1.54, 1.807) is 42.5 Å². The van der Waals surface area contributed by atoms with Crippen molar-refractivity contribution in [2.24, 2.45) is 5.10 Å². The maximum absolute atomic E-state index is 12.8. The average Bonchev–Trinajstić information content (AvgIpc) is 2.80. The van der Waals surface area contributed by atoms with Crippen molar-refractivity contribution in [3.05, 3.63) is 101 Å². The molecule has 0 heterocycles. The molecule has 168 valence electrons. The Hall–Kier alpha value is -4.39. The minimum absolute atomic E-state index is 0.0340. The van der Waals surface area contributed by atoms with Gasteiger partial charge in [0.25, 0.3) is 11.8 Å². The molecule has 0 aromatic heterocycles. The molecule has 7 nitrogen and oxygen atoms in total. The lowest BCUT2D eigenvalue weighted by molar-refractivity contribution is -0.117. The molecule has 0 bridgehead atoms. The summed E-state index contributed by atoms with van der Waals surface area (Å²) in [4.78, 5) is 27.5. The van der Waals surface area contributed by atoms with Crippen LogP contribution in [-0.2, 0) is 4.79 Å². The number of hydrogen-bond acceptors (Lipinski definition) is 5. The average molecular weight is 443 g/mol. The third kappa shape index (κ3) is 6.54. The van der Waals surface area contributed by atoms with Crippen LogP contribution in [0, 0.1) is 6.92 Å². The molecule has 0 atom stereocenters. The number of benzene rings is 3. The van der Waals surface area contributed by atoms with Gasteiger partial charge in [0.1, 0.15) is 11.4 Å². The molecule has 2 amide bonds. The van der Waals surface area contributed by atoms with Crippen LogP contribution in [0.25, 0.3) is 6.08 Å². The largest absolute Gasteiger partial charge is 0.507 e. The van der Waals surface area contributed by atoms with Crippen molar-refractivity contribution in [2.75, 3.05) is 19.0 Å². The quantitative estimate of drug-likeness (QED) is 0.296. The van der Waals surface area contributed by atoms with Crippen molar-refractivity contribution in [1.29, 1.82) is 0 Å². The van der Waals surface area contributed by atoms with Crippen LogP contribution in [0.1, 0.15) is 27.0 Å². The van der Waals surface area contributed by atoms with E-state index in [1.165, 1.54) is 6.21 Å². The molecule has 0 saturated carbocycles. The van der Waals surface area contributed by atoms with Crippen LogP contribution < -0.4 is 15.6 Å². The monoisotopic (exact) mass is 442 g/mol. The maximum atomic E-state index is 12.8. The summed E-state index contributed by atoms with van der Waals surface area (Å²) in [6.07, 6.45) is 2.92. The fourth-order valence-electron chi connectivity index (χ4n) is 2.96. The van der Waals surface area contributed by atoms with Crippen molar-refractivity contribution in [3.63, 3.8) is 0 Å². The Balaban J connectivity index is 1.82. The number of phenols is 1. The number of amides is 2. The molecule has 0 spiro atoms. The second-order valence-corrected chi connectivity index (χ2v) is 7.63.